The average Bonchev–Trinajstić information content (AvgIpc) is 2.89. The molecule has 0 saturated heterocycles. The molecular weight excluding hydrogens is 524 g/mol. The van der Waals surface area contributed by atoms with E-state index in [-0.39, 0.29) is 17.5 Å². The molecule has 10 heteroatoms. The van der Waals surface area contributed by atoms with Gasteiger partial charge in [-0.2, -0.15) is 0 Å². The van der Waals surface area contributed by atoms with Crippen molar-refractivity contribution in [3.63, 3.8) is 0 Å². The van der Waals surface area contributed by atoms with Gasteiger partial charge in [0.15, 0.2) is 0 Å². The van der Waals surface area contributed by atoms with E-state index in [9.17, 15) is 27.2 Å². The highest BCUT2D eigenvalue weighted by Gasteiger charge is 2.28. The van der Waals surface area contributed by atoms with Gasteiger partial charge in [-0.25, -0.2) is 17.6 Å². The first-order valence-corrected chi connectivity index (χ1v) is 12.3. The SMILES string of the molecule is CN(C)C(C(=O)N[C@@H](Cc1cc(F)cc(F)c1)c1ncccc1-c1ccc(F)c(C(N)=O)c1)c1ccc(F)cc1. The van der Waals surface area contributed by atoms with Gasteiger partial charge >= 0.3 is 0 Å². The van der Waals surface area contributed by atoms with Crippen LogP contribution < -0.4 is 11.1 Å². The van der Waals surface area contributed by atoms with Gasteiger partial charge in [0.1, 0.15) is 29.3 Å². The van der Waals surface area contributed by atoms with Crippen LogP contribution in [0.5, 0.6) is 0 Å². The summed E-state index contributed by atoms with van der Waals surface area (Å²) < 4.78 is 55.9. The van der Waals surface area contributed by atoms with Crippen molar-refractivity contribution in [3.05, 3.63) is 125 Å². The molecule has 0 spiro atoms. The Kier molecular flexibility index (Phi) is 8.59. The molecule has 1 aromatic heterocycles. The van der Waals surface area contributed by atoms with Crippen molar-refractivity contribution in [3.8, 4) is 11.1 Å². The Morgan fingerprint density at radius 3 is 2.20 bits per heavy atom. The van der Waals surface area contributed by atoms with Crippen molar-refractivity contribution in [1.82, 2.24) is 15.2 Å². The number of carbonyl (C=O) groups excluding carboxylic acids is 2. The standard InChI is InChI=1S/C30H26F4N4O2/c1-38(2)28(18-5-8-20(31)9-6-18)30(40)37-26(14-17-12-21(32)16-22(33)13-17)27-23(4-3-11-36-27)19-7-10-25(34)24(15-19)29(35)39/h3-13,15-16,26,28H,14H2,1-2H3,(H2,35,39)(H,37,40)/t26-,28?/m0/s1. The first-order valence-electron chi connectivity index (χ1n) is 12.3. The number of primary amides is 1. The number of nitrogens with two attached hydrogens (primary N) is 1. The molecule has 206 valence electrons. The number of aromatic nitrogens is 1. The lowest BCUT2D eigenvalue weighted by Gasteiger charge is -2.28. The summed E-state index contributed by atoms with van der Waals surface area (Å²) in [5.41, 5.74) is 6.91. The molecule has 1 unspecified atom stereocenters. The number of pyridine rings is 1. The van der Waals surface area contributed by atoms with Crippen LogP contribution in [0.3, 0.4) is 0 Å². The topological polar surface area (TPSA) is 88.3 Å². The van der Waals surface area contributed by atoms with Crippen LogP contribution in [-0.2, 0) is 11.2 Å². The second kappa shape index (κ2) is 12.1. The fourth-order valence-corrected chi connectivity index (χ4v) is 4.58. The van der Waals surface area contributed by atoms with Crippen LogP contribution in [0.4, 0.5) is 17.6 Å². The molecule has 0 fully saturated rings. The summed E-state index contributed by atoms with van der Waals surface area (Å²) in [6.45, 7) is 0. The Bertz CT molecular complexity index is 1520. The summed E-state index contributed by atoms with van der Waals surface area (Å²) in [5.74, 6) is -4.27. The van der Waals surface area contributed by atoms with Crippen molar-refractivity contribution in [2.45, 2.75) is 18.5 Å². The molecule has 2 atom stereocenters. The number of amides is 2. The lowest BCUT2D eigenvalue weighted by molar-refractivity contribution is -0.126. The zero-order valence-electron chi connectivity index (χ0n) is 21.7. The summed E-state index contributed by atoms with van der Waals surface area (Å²) in [6, 6.07) is 13.8. The van der Waals surface area contributed by atoms with Crippen molar-refractivity contribution in [2.24, 2.45) is 5.73 Å². The van der Waals surface area contributed by atoms with Gasteiger partial charge in [0.05, 0.1) is 17.3 Å². The lowest BCUT2D eigenvalue weighted by atomic mass is 9.94. The number of hydrogen-bond donors (Lipinski definition) is 2. The minimum absolute atomic E-state index is 0.0577. The van der Waals surface area contributed by atoms with E-state index in [1.165, 1.54) is 42.6 Å². The summed E-state index contributed by atoms with van der Waals surface area (Å²) in [7, 11) is 3.36. The van der Waals surface area contributed by atoms with Crippen molar-refractivity contribution < 1.29 is 27.2 Å². The highest BCUT2D eigenvalue weighted by molar-refractivity contribution is 5.94. The van der Waals surface area contributed by atoms with E-state index >= 15 is 0 Å². The predicted octanol–water partition coefficient (Wildman–Crippen LogP) is 5.11. The molecule has 0 aliphatic rings. The predicted molar refractivity (Wildman–Crippen MR) is 142 cm³/mol. The first kappa shape index (κ1) is 28.4. The van der Waals surface area contributed by atoms with Gasteiger partial charge in [0.25, 0.3) is 5.91 Å². The molecular formula is C30H26F4N4O2. The van der Waals surface area contributed by atoms with Crippen LogP contribution in [0, 0.1) is 23.3 Å². The fraction of sp³-hybridized carbons (Fsp3) is 0.167. The van der Waals surface area contributed by atoms with Gasteiger partial charge in [-0.1, -0.05) is 24.3 Å². The van der Waals surface area contributed by atoms with E-state index < -0.39 is 47.2 Å². The molecule has 1 heterocycles. The number of benzene rings is 3. The third kappa shape index (κ3) is 6.52. The van der Waals surface area contributed by atoms with E-state index in [1.54, 1.807) is 31.1 Å². The summed E-state index contributed by atoms with van der Waals surface area (Å²) >= 11 is 0. The molecule has 0 aliphatic heterocycles. The molecule has 2 amide bonds. The van der Waals surface area contributed by atoms with E-state index in [4.69, 9.17) is 5.73 Å². The summed E-state index contributed by atoms with van der Waals surface area (Å²) in [6.07, 6.45) is 1.42. The summed E-state index contributed by atoms with van der Waals surface area (Å²) in [5, 5.41) is 2.93. The smallest absolute Gasteiger partial charge is 0.251 e. The van der Waals surface area contributed by atoms with E-state index in [0.29, 0.717) is 22.4 Å². The quantitative estimate of drug-likeness (QED) is 0.284. The second-order valence-corrected chi connectivity index (χ2v) is 9.46. The van der Waals surface area contributed by atoms with Crippen LogP contribution in [0.1, 0.15) is 39.3 Å². The third-order valence-corrected chi connectivity index (χ3v) is 6.34. The van der Waals surface area contributed by atoms with E-state index in [2.05, 4.69) is 10.3 Å². The molecule has 0 saturated carbocycles. The Balaban J connectivity index is 1.80. The maximum absolute atomic E-state index is 14.2. The summed E-state index contributed by atoms with van der Waals surface area (Å²) in [4.78, 5) is 31.6. The van der Waals surface area contributed by atoms with Gasteiger partial charge < -0.3 is 11.1 Å². The minimum Gasteiger partial charge on any atom is -0.366 e. The van der Waals surface area contributed by atoms with Gasteiger partial charge in [-0.15, -0.1) is 0 Å². The Morgan fingerprint density at radius 1 is 0.900 bits per heavy atom. The molecule has 0 bridgehead atoms. The van der Waals surface area contributed by atoms with Gasteiger partial charge in [0, 0.05) is 17.8 Å². The number of nitrogens with one attached hydrogen (secondary N) is 1. The maximum atomic E-state index is 14.2. The number of likely N-dealkylation sites (N-methyl/N-ethyl adjacent to an activating group) is 1. The molecule has 40 heavy (non-hydrogen) atoms. The molecule has 0 aliphatic carbocycles. The average molecular weight is 551 g/mol. The number of carbonyl (C=O) groups is 2. The van der Waals surface area contributed by atoms with Gasteiger partial charge in [-0.3, -0.25) is 19.5 Å². The van der Waals surface area contributed by atoms with Crippen molar-refractivity contribution in [2.75, 3.05) is 14.1 Å². The highest BCUT2D eigenvalue weighted by atomic mass is 19.1. The normalized spacial score (nSPS) is 12.7. The molecule has 3 aromatic carbocycles. The second-order valence-electron chi connectivity index (χ2n) is 9.46. The fourth-order valence-electron chi connectivity index (χ4n) is 4.58. The van der Waals surface area contributed by atoms with Crippen molar-refractivity contribution >= 4 is 11.8 Å². The number of rotatable bonds is 9. The Morgan fingerprint density at radius 2 is 1.57 bits per heavy atom. The van der Waals surface area contributed by atoms with Crippen molar-refractivity contribution in [1.29, 1.82) is 0 Å². The van der Waals surface area contributed by atoms with E-state index in [0.717, 1.165) is 24.3 Å². The monoisotopic (exact) mass is 550 g/mol. The molecule has 3 N–H and O–H groups in total. The zero-order valence-corrected chi connectivity index (χ0v) is 21.7. The number of hydrogen-bond acceptors (Lipinski definition) is 4. The number of nitrogens with zero attached hydrogens (tertiary/aromatic N) is 2. The Hall–Kier alpha value is -4.57. The Labute approximate surface area is 228 Å². The minimum atomic E-state index is -0.960. The van der Waals surface area contributed by atoms with Crippen LogP contribution in [-0.4, -0.2) is 35.8 Å². The maximum Gasteiger partial charge on any atom is 0.251 e. The third-order valence-electron chi connectivity index (χ3n) is 6.34. The van der Waals surface area contributed by atoms with Gasteiger partial charge in [-0.05, 0) is 79.7 Å². The number of halogens is 4. The first-order chi connectivity index (χ1) is 19.0. The van der Waals surface area contributed by atoms with Gasteiger partial charge in [0.2, 0.25) is 5.91 Å². The molecule has 6 nitrogen and oxygen atoms in total. The highest BCUT2D eigenvalue weighted by Crippen LogP contribution is 2.31. The van der Waals surface area contributed by atoms with Crippen LogP contribution in [0.2, 0.25) is 0 Å². The molecule has 0 radical (unpaired) electrons. The van der Waals surface area contributed by atoms with E-state index in [1.807, 2.05) is 0 Å². The largest absolute Gasteiger partial charge is 0.366 e. The van der Waals surface area contributed by atoms with Crippen LogP contribution in [0.25, 0.3) is 11.1 Å². The molecule has 4 aromatic rings. The van der Waals surface area contributed by atoms with Crippen LogP contribution >= 0.6 is 0 Å². The molecule has 4 rings (SSSR count). The zero-order chi connectivity index (χ0) is 29.0. The lowest BCUT2D eigenvalue weighted by Crippen LogP contribution is -2.40. The van der Waals surface area contributed by atoms with Crippen LogP contribution in [0.15, 0.2) is 79.0 Å².